The van der Waals surface area contributed by atoms with Gasteiger partial charge in [0.2, 0.25) is 15.9 Å². The van der Waals surface area contributed by atoms with Crippen molar-refractivity contribution in [3.63, 3.8) is 0 Å². The topological polar surface area (TPSA) is 66.5 Å². The van der Waals surface area contributed by atoms with Crippen LogP contribution in [0.15, 0.2) is 30.3 Å². The highest BCUT2D eigenvalue weighted by Gasteiger charge is 2.41. The number of anilines is 1. The molecule has 1 aromatic carbocycles. The van der Waals surface area contributed by atoms with Crippen LogP contribution in [-0.2, 0) is 14.8 Å². The van der Waals surface area contributed by atoms with E-state index >= 15 is 0 Å². The van der Waals surface area contributed by atoms with Crippen LogP contribution >= 0.6 is 0 Å². The van der Waals surface area contributed by atoms with Crippen molar-refractivity contribution in [3.05, 3.63) is 30.3 Å². The van der Waals surface area contributed by atoms with Gasteiger partial charge in [0.25, 0.3) is 0 Å². The van der Waals surface area contributed by atoms with Gasteiger partial charge in [-0.1, -0.05) is 31.5 Å². The third-order valence-corrected chi connectivity index (χ3v) is 6.59. The molecule has 4 atom stereocenters. The molecule has 2 aliphatic rings. The Hall–Kier alpha value is -1.56. The predicted octanol–water partition coefficient (Wildman–Crippen LogP) is 2.54. The maximum absolute atomic E-state index is 12.9. The summed E-state index contributed by atoms with van der Waals surface area (Å²) in [6.45, 7) is 1.85. The molecular formula is C18H26N2O3S. The third kappa shape index (κ3) is 3.43. The summed E-state index contributed by atoms with van der Waals surface area (Å²) in [6.07, 6.45) is 6.30. The number of nitrogens with zero attached hydrogens (tertiary/aromatic N) is 1. The molecular weight excluding hydrogens is 324 g/mol. The first kappa shape index (κ1) is 17.3. The highest BCUT2D eigenvalue weighted by atomic mass is 32.2. The molecule has 2 fully saturated rings. The third-order valence-electron chi connectivity index (χ3n) is 5.41. The van der Waals surface area contributed by atoms with Gasteiger partial charge in [-0.3, -0.25) is 9.10 Å². The quantitative estimate of drug-likeness (QED) is 0.857. The normalized spacial score (nSPS) is 27.0. The second kappa shape index (κ2) is 6.75. The van der Waals surface area contributed by atoms with Crippen molar-refractivity contribution in [2.75, 3.05) is 10.6 Å². The van der Waals surface area contributed by atoms with Crippen molar-refractivity contribution in [2.45, 2.75) is 51.1 Å². The molecule has 0 spiro atoms. The number of carbonyl (C=O) groups is 1. The molecule has 2 saturated carbocycles. The number of hydrogen-bond acceptors (Lipinski definition) is 3. The van der Waals surface area contributed by atoms with Crippen molar-refractivity contribution >= 4 is 21.6 Å². The number of benzene rings is 1. The number of hydrogen-bond donors (Lipinski definition) is 1. The molecule has 24 heavy (non-hydrogen) atoms. The highest BCUT2D eigenvalue weighted by Crippen LogP contribution is 2.44. The fraction of sp³-hybridized carbons (Fsp3) is 0.611. The summed E-state index contributed by atoms with van der Waals surface area (Å²) >= 11 is 0. The Morgan fingerprint density at radius 3 is 2.46 bits per heavy atom. The molecule has 2 bridgehead atoms. The molecule has 0 saturated heterocycles. The maximum atomic E-state index is 12.9. The molecule has 2 aliphatic carbocycles. The van der Waals surface area contributed by atoms with E-state index in [1.807, 2.05) is 13.0 Å². The van der Waals surface area contributed by atoms with E-state index in [1.54, 1.807) is 24.3 Å². The first-order valence-corrected chi connectivity index (χ1v) is 10.6. The Bertz CT molecular complexity index is 689. The van der Waals surface area contributed by atoms with Crippen molar-refractivity contribution in [3.8, 4) is 0 Å². The fourth-order valence-electron chi connectivity index (χ4n) is 4.34. The Balaban J connectivity index is 1.80. The van der Waals surface area contributed by atoms with Crippen LogP contribution in [0.4, 0.5) is 5.69 Å². The van der Waals surface area contributed by atoms with Gasteiger partial charge >= 0.3 is 0 Å². The summed E-state index contributed by atoms with van der Waals surface area (Å²) in [5.41, 5.74) is 0.537. The van der Waals surface area contributed by atoms with Crippen molar-refractivity contribution < 1.29 is 13.2 Å². The largest absolute Gasteiger partial charge is 0.351 e. The van der Waals surface area contributed by atoms with Gasteiger partial charge in [-0.2, -0.15) is 0 Å². The lowest BCUT2D eigenvalue weighted by Gasteiger charge is -2.32. The number of rotatable bonds is 6. The number of amides is 1. The van der Waals surface area contributed by atoms with Crippen LogP contribution in [0, 0.1) is 11.8 Å². The molecule has 1 N–H and O–H groups in total. The molecule has 0 aromatic heterocycles. The summed E-state index contributed by atoms with van der Waals surface area (Å²) < 4.78 is 26.0. The summed E-state index contributed by atoms with van der Waals surface area (Å²) in [7, 11) is -3.55. The van der Waals surface area contributed by atoms with Gasteiger partial charge in [0, 0.05) is 6.04 Å². The molecule has 0 unspecified atom stereocenters. The van der Waals surface area contributed by atoms with E-state index in [9.17, 15) is 13.2 Å². The summed E-state index contributed by atoms with van der Waals surface area (Å²) in [5, 5.41) is 3.14. The minimum Gasteiger partial charge on any atom is -0.351 e. The number of sulfonamides is 1. The second-order valence-corrected chi connectivity index (χ2v) is 8.97. The first-order chi connectivity index (χ1) is 11.4. The van der Waals surface area contributed by atoms with Crippen LogP contribution in [-0.4, -0.2) is 32.7 Å². The predicted molar refractivity (Wildman–Crippen MR) is 95.2 cm³/mol. The minimum atomic E-state index is -3.55. The monoisotopic (exact) mass is 350 g/mol. The lowest BCUT2D eigenvalue weighted by atomic mass is 9.95. The first-order valence-electron chi connectivity index (χ1n) is 8.75. The molecule has 5 nitrogen and oxygen atoms in total. The Morgan fingerprint density at radius 1 is 1.25 bits per heavy atom. The lowest BCUT2D eigenvalue weighted by Crippen LogP contribution is -2.52. The number of carbonyl (C=O) groups excluding carboxylic acids is 1. The Kier molecular flexibility index (Phi) is 4.85. The zero-order chi connectivity index (χ0) is 17.3. The van der Waals surface area contributed by atoms with E-state index in [0.29, 0.717) is 18.0 Å². The standard InChI is InChI=1S/C18H26N2O3S/c1-3-17(18(21)19-16-12-13-9-10-14(16)11-13)20(24(2,22)23)15-7-5-4-6-8-15/h4-8,13-14,16-17H,3,9-12H2,1-2H3,(H,19,21)/t13-,14-,16+,17-/m1/s1. The molecule has 1 amide bonds. The zero-order valence-corrected chi connectivity index (χ0v) is 15.1. The van der Waals surface area contributed by atoms with Gasteiger partial charge < -0.3 is 5.32 Å². The summed E-state index contributed by atoms with van der Waals surface area (Å²) in [4.78, 5) is 12.9. The molecule has 132 valence electrons. The molecule has 0 aliphatic heterocycles. The van der Waals surface area contributed by atoms with E-state index < -0.39 is 16.1 Å². The lowest BCUT2D eigenvalue weighted by molar-refractivity contribution is -0.123. The number of para-hydroxylation sites is 1. The van der Waals surface area contributed by atoms with Crippen molar-refractivity contribution in [1.29, 1.82) is 0 Å². The van der Waals surface area contributed by atoms with Crippen LogP contribution in [0.25, 0.3) is 0 Å². The Morgan fingerprint density at radius 2 is 1.96 bits per heavy atom. The van der Waals surface area contributed by atoms with Gasteiger partial charge in [-0.05, 0) is 49.7 Å². The average molecular weight is 350 g/mol. The van der Waals surface area contributed by atoms with Gasteiger partial charge in [0.1, 0.15) is 6.04 Å². The van der Waals surface area contributed by atoms with Crippen LogP contribution in [0.2, 0.25) is 0 Å². The van der Waals surface area contributed by atoms with Gasteiger partial charge in [0.15, 0.2) is 0 Å². The Labute approximate surface area is 144 Å². The van der Waals surface area contributed by atoms with E-state index in [4.69, 9.17) is 0 Å². The van der Waals surface area contributed by atoms with Crippen LogP contribution < -0.4 is 9.62 Å². The van der Waals surface area contributed by atoms with Gasteiger partial charge in [0.05, 0.1) is 11.9 Å². The van der Waals surface area contributed by atoms with E-state index in [1.165, 1.54) is 23.6 Å². The van der Waals surface area contributed by atoms with Crippen LogP contribution in [0.3, 0.4) is 0 Å². The smallest absolute Gasteiger partial charge is 0.244 e. The number of fused-ring (bicyclic) bond motifs is 2. The van der Waals surface area contributed by atoms with Crippen LogP contribution in [0.1, 0.15) is 39.0 Å². The highest BCUT2D eigenvalue weighted by molar-refractivity contribution is 7.92. The van der Waals surface area contributed by atoms with Gasteiger partial charge in [-0.25, -0.2) is 8.42 Å². The molecule has 1 aromatic rings. The fourth-order valence-corrected chi connectivity index (χ4v) is 5.55. The van der Waals surface area contributed by atoms with Crippen molar-refractivity contribution in [2.24, 2.45) is 11.8 Å². The van der Waals surface area contributed by atoms with E-state index in [0.717, 1.165) is 18.6 Å². The molecule has 0 heterocycles. The molecule has 3 rings (SSSR count). The minimum absolute atomic E-state index is 0.177. The second-order valence-electron chi connectivity index (χ2n) is 7.11. The molecule has 0 radical (unpaired) electrons. The zero-order valence-electron chi connectivity index (χ0n) is 14.3. The van der Waals surface area contributed by atoms with Gasteiger partial charge in [-0.15, -0.1) is 0 Å². The SMILES string of the molecule is CC[C@H](C(=O)N[C@H]1C[C@@H]2CC[C@@H]1C2)N(c1ccccc1)S(C)(=O)=O. The van der Waals surface area contributed by atoms with Crippen LogP contribution in [0.5, 0.6) is 0 Å². The summed E-state index contributed by atoms with van der Waals surface area (Å²) in [6, 6.07) is 8.37. The maximum Gasteiger partial charge on any atom is 0.244 e. The number of nitrogens with one attached hydrogen (secondary N) is 1. The summed E-state index contributed by atoms with van der Waals surface area (Å²) in [5.74, 6) is 1.13. The van der Waals surface area contributed by atoms with E-state index in [-0.39, 0.29) is 11.9 Å². The van der Waals surface area contributed by atoms with Crippen molar-refractivity contribution in [1.82, 2.24) is 5.32 Å². The molecule has 6 heteroatoms. The average Bonchev–Trinajstić information content (AvgIpc) is 3.14. The van der Waals surface area contributed by atoms with E-state index in [2.05, 4.69) is 5.32 Å².